The summed E-state index contributed by atoms with van der Waals surface area (Å²) in [6.45, 7) is 3.17. The second kappa shape index (κ2) is 4.25. The summed E-state index contributed by atoms with van der Waals surface area (Å²) >= 11 is 0. The molecule has 1 rings (SSSR count). The van der Waals surface area contributed by atoms with E-state index in [9.17, 15) is 17.2 Å². The minimum absolute atomic E-state index is 0.111. The number of hydrogen-bond donors (Lipinski definition) is 2. The van der Waals surface area contributed by atoms with Crippen LogP contribution in [-0.4, -0.2) is 14.2 Å². The molecule has 1 aromatic carbocycles. The average molecular weight is 250 g/mol. The van der Waals surface area contributed by atoms with Crippen molar-refractivity contribution in [1.29, 1.82) is 0 Å². The second-order valence-corrected chi connectivity index (χ2v) is 5.03. The minimum atomic E-state index is -4.65. The number of benzene rings is 1. The molecule has 0 amide bonds. The van der Waals surface area contributed by atoms with E-state index in [4.69, 9.17) is 5.73 Å². The van der Waals surface area contributed by atoms with Crippen LogP contribution >= 0.6 is 0 Å². The lowest BCUT2D eigenvalue weighted by molar-refractivity contribution is 0.236. The van der Waals surface area contributed by atoms with Gasteiger partial charge in [-0.3, -0.25) is 4.72 Å². The molecule has 0 bridgehead atoms. The Morgan fingerprint density at radius 3 is 2.38 bits per heavy atom. The average Bonchev–Trinajstić information content (AvgIpc) is 2.18. The summed E-state index contributed by atoms with van der Waals surface area (Å²) in [5.74, 6) is -3.47. The number of anilines is 2. The molecule has 0 aliphatic carbocycles. The summed E-state index contributed by atoms with van der Waals surface area (Å²) in [5, 5.41) is 0. The van der Waals surface area contributed by atoms with Crippen molar-refractivity contribution in [1.82, 2.24) is 0 Å². The van der Waals surface area contributed by atoms with Crippen molar-refractivity contribution < 1.29 is 17.2 Å². The summed E-state index contributed by atoms with van der Waals surface area (Å²) in [6, 6.07) is 3.15. The van der Waals surface area contributed by atoms with Crippen molar-refractivity contribution in [2.45, 2.75) is 19.6 Å². The fourth-order valence-corrected chi connectivity index (χ4v) is 1.89. The third kappa shape index (κ3) is 2.41. The van der Waals surface area contributed by atoms with Crippen LogP contribution in [0.5, 0.6) is 0 Å². The maximum Gasteiger partial charge on any atom is 0.355 e. The van der Waals surface area contributed by atoms with Gasteiger partial charge in [0.1, 0.15) is 0 Å². The largest absolute Gasteiger partial charge is 0.398 e. The highest BCUT2D eigenvalue weighted by Gasteiger charge is 2.25. The van der Waals surface area contributed by atoms with Gasteiger partial charge in [-0.05, 0) is 31.0 Å². The fraction of sp³-hybridized carbons (Fsp3) is 0.333. The number of halogens is 2. The number of nitrogens with one attached hydrogen (secondary N) is 1. The van der Waals surface area contributed by atoms with Crippen LogP contribution in [0.1, 0.15) is 11.1 Å². The second-order valence-electron chi connectivity index (χ2n) is 3.38. The van der Waals surface area contributed by atoms with Gasteiger partial charge in [0, 0.05) is 5.69 Å². The molecule has 0 heterocycles. The summed E-state index contributed by atoms with van der Waals surface area (Å²) in [6.07, 6.45) is 0. The van der Waals surface area contributed by atoms with Gasteiger partial charge in [0.2, 0.25) is 0 Å². The Morgan fingerprint density at radius 1 is 1.31 bits per heavy atom. The van der Waals surface area contributed by atoms with Gasteiger partial charge in [0.15, 0.2) is 0 Å². The molecule has 0 fully saturated rings. The Morgan fingerprint density at radius 2 is 1.88 bits per heavy atom. The smallest absolute Gasteiger partial charge is 0.355 e. The van der Waals surface area contributed by atoms with Crippen LogP contribution in [-0.2, 0) is 10.0 Å². The first-order chi connectivity index (χ1) is 7.25. The van der Waals surface area contributed by atoms with E-state index in [1.165, 1.54) is 0 Å². The maximum atomic E-state index is 12.2. The highest BCUT2D eigenvalue weighted by atomic mass is 32.2. The summed E-state index contributed by atoms with van der Waals surface area (Å²) < 4.78 is 48.2. The van der Waals surface area contributed by atoms with E-state index < -0.39 is 15.8 Å². The van der Waals surface area contributed by atoms with Gasteiger partial charge >= 0.3 is 5.76 Å². The van der Waals surface area contributed by atoms with Gasteiger partial charge in [-0.1, -0.05) is 6.07 Å². The van der Waals surface area contributed by atoms with Gasteiger partial charge in [-0.15, -0.1) is 0 Å². The first-order valence-electron chi connectivity index (χ1n) is 4.41. The van der Waals surface area contributed by atoms with E-state index >= 15 is 0 Å². The highest BCUT2D eigenvalue weighted by Crippen LogP contribution is 2.27. The third-order valence-electron chi connectivity index (χ3n) is 2.19. The number of aryl methyl sites for hydroxylation is 1. The monoisotopic (exact) mass is 250 g/mol. The van der Waals surface area contributed by atoms with Crippen LogP contribution in [0.25, 0.3) is 0 Å². The van der Waals surface area contributed by atoms with E-state index in [-0.39, 0.29) is 5.69 Å². The number of nitrogen functional groups attached to an aromatic ring is 1. The molecule has 16 heavy (non-hydrogen) atoms. The summed E-state index contributed by atoms with van der Waals surface area (Å²) in [7, 11) is -4.65. The topological polar surface area (TPSA) is 72.2 Å². The predicted molar refractivity (Wildman–Crippen MR) is 58.9 cm³/mol. The fourth-order valence-electron chi connectivity index (χ4n) is 1.21. The molecule has 0 radical (unpaired) electrons. The first-order valence-corrected chi connectivity index (χ1v) is 5.96. The number of hydrogen-bond acceptors (Lipinski definition) is 3. The first kappa shape index (κ1) is 12.7. The molecule has 90 valence electrons. The molecular formula is C9H12F2N2O2S. The molecule has 7 heteroatoms. The van der Waals surface area contributed by atoms with Gasteiger partial charge in [-0.2, -0.15) is 8.78 Å². The summed E-state index contributed by atoms with van der Waals surface area (Å²) in [5.41, 5.74) is 6.99. The van der Waals surface area contributed by atoms with Crippen LogP contribution < -0.4 is 10.5 Å². The lowest BCUT2D eigenvalue weighted by Gasteiger charge is -2.14. The van der Waals surface area contributed by atoms with Crippen LogP contribution in [0.2, 0.25) is 0 Å². The predicted octanol–water partition coefficient (Wildman–Crippen LogP) is 1.85. The summed E-state index contributed by atoms with van der Waals surface area (Å²) in [4.78, 5) is 0. The number of rotatable bonds is 3. The van der Waals surface area contributed by atoms with E-state index in [1.807, 2.05) is 4.72 Å². The van der Waals surface area contributed by atoms with Crippen LogP contribution in [0, 0.1) is 13.8 Å². The quantitative estimate of drug-likeness (QED) is 0.804. The maximum absolute atomic E-state index is 12.2. The molecule has 0 saturated carbocycles. The lowest BCUT2D eigenvalue weighted by Crippen LogP contribution is -2.21. The zero-order valence-corrected chi connectivity index (χ0v) is 9.61. The van der Waals surface area contributed by atoms with Crippen molar-refractivity contribution in [3.63, 3.8) is 0 Å². The molecule has 0 unspecified atom stereocenters. The van der Waals surface area contributed by atoms with E-state index in [2.05, 4.69) is 0 Å². The number of sulfonamides is 1. The van der Waals surface area contributed by atoms with E-state index in [0.29, 0.717) is 16.8 Å². The molecule has 0 aliphatic heterocycles. The number of alkyl halides is 2. The Hall–Kier alpha value is -1.37. The Labute approximate surface area is 92.5 Å². The van der Waals surface area contributed by atoms with Crippen LogP contribution in [0.3, 0.4) is 0 Å². The Kier molecular flexibility index (Phi) is 3.37. The van der Waals surface area contributed by atoms with Crippen molar-refractivity contribution in [2.75, 3.05) is 10.5 Å². The molecule has 0 saturated heterocycles. The Bertz CT molecular complexity index is 500. The molecule has 0 aromatic heterocycles. The standard InChI is InChI=1S/C9H12F2N2O2S/c1-5-3-4-7(12)6(2)8(5)13-16(14,15)9(10)11/h3-4,9,13H,12H2,1-2H3. The molecule has 3 N–H and O–H groups in total. The van der Waals surface area contributed by atoms with Crippen LogP contribution in [0.15, 0.2) is 12.1 Å². The highest BCUT2D eigenvalue weighted by molar-refractivity contribution is 7.93. The third-order valence-corrected chi connectivity index (χ3v) is 3.15. The molecule has 0 spiro atoms. The van der Waals surface area contributed by atoms with Gasteiger partial charge < -0.3 is 5.73 Å². The SMILES string of the molecule is Cc1ccc(N)c(C)c1NS(=O)(=O)C(F)F. The van der Waals surface area contributed by atoms with Gasteiger partial charge in [-0.25, -0.2) is 8.42 Å². The van der Waals surface area contributed by atoms with Gasteiger partial charge in [0.25, 0.3) is 10.0 Å². The lowest BCUT2D eigenvalue weighted by atomic mass is 10.1. The Balaban J connectivity index is 3.21. The van der Waals surface area contributed by atoms with Crippen molar-refractivity contribution in [3.05, 3.63) is 23.3 Å². The molecular weight excluding hydrogens is 238 g/mol. The molecule has 4 nitrogen and oxygen atoms in total. The molecule has 0 aliphatic rings. The molecule has 0 atom stereocenters. The van der Waals surface area contributed by atoms with Crippen molar-refractivity contribution in [3.8, 4) is 0 Å². The van der Waals surface area contributed by atoms with Crippen molar-refractivity contribution in [2.24, 2.45) is 0 Å². The number of nitrogens with two attached hydrogens (primary N) is 1. The molecule has 1 aromatic rings. The van der Waals surface area contributed by atoms with Gasteiger partial charge in [0.05, 0.1) is 5.69 Å². The van der Waals surface area contributed by atoms with E-state index in [1.54, 1.807) is 26.0 Å². The minimum Gasteiger partial charge on any atom is -0.398 e. The zero-order valence-electron chi connectivity index (χ0n) is 8.79. The zero-order chi connectivity index (χ0) is 12.5. The van der Waals surface area contributed by atoms with Crippen molar-refractivity contribution >= 4 is 21.4 Å². The normalized spacial score (nSPS) is 11.8. The van der Waals surface area contributed by atoms with Crippen LogP contribution in [0.4, 0.5) is 20.2 Å². The van der Waals surface area contributed by atoms with E-state index in [0.717, 1.165) is 0 Å².